The topological polar surface area (TPSA) is 168 Å². The molecular formula is C18H32O10. The molecule has 0 amide bonds. The largest absolute Gasteiger partial charge is 0.479 e. The summed E-state index contributed by atoms with van der Waals surface area (Å²) in [4.78, 5) is 42.1. The van der Waals surface area contributed by atoms with Crippen molar-refractivity contribution in [1.82, 2.24) is 0 Å². The van der Waals surface area contributed by atoms with Crippen LogP contribution in [0.4, 0.5) is 0 Å². The number of carbonyl (C=O) groups excluding carboxylic acids is 2. The minimum atomic E-state index is -2.27. The van der Waals surface area contributed by atoms with Crippen LogP contribution in [0.3, 0.4) is 0 Å². The predicted octanol–water partition coefficient (Wildman–Crippen LogP) is 0.823. The lowest BCUT2D eigenvalue weighted by Crippen LogP contribution is -2.39. The number of rotatable bonds is 12. The molecule has 2 unspecified atom stereocenters. The number of aliphatic hydroxyl groups is 2. The zero-order valence-electron chi connectivity index (χ0n) is 16.8. The SMILES string of the molecule is CC(C)COC(=O)CCCCC(=O)OCC(C)C.O=C(O)C(O)C(O)C(=O)O. The Balaban J connectivity index is 0. The minimum Gasteiger partial charge on any atom is -0.479 e. The van der Waals surface area contributed by atoms with Gasteiger partial charge in [0.05, 0.1) is 13.2 Å². The van der Waals surface area contributed by atoms with Crippen LogP contribution in [-0.2, 0) is 28.7 Å². The molecule has 28 heavy (non-hydrogen) atoms. The van der Waals surface area contributed by atoms with E-state index in [1.54, 1.807) is 0 Å². The number of unbranched alkanes of at least 4 members (excludes halogenated alkanes) is 1. The average Bonchev–Trinajstić information content (AvgIpc) is 2.60. The summed E-state index contributed by atoms with van der Waals surface area (Å²) < 4.78 is 10.1. The van der Waals surface area contributed by atoms with Crippen LogP contribution in [-0.4, -0.2) is 69.7 Å². The van der Waals surface area contributed by atoms with Crippen LogP contribution in [0.15, 0.2) is 0 Å². The van der Waals surface area contributed by atoms with Crippen molar-refractivity contribution in [3.05, 3.63) is 0 Å². The molecule has 0 aromatic heterocycles. The summed E-state index contributed by atoms with van der Waals surface area (Å²) in [6.45, 7) is 8.93. The first kappa shape index (κ1) is 28.0. The zero-order valence-corrected chi connectivity index (χ0v) is 16.8. The van der Waals surface area contributed by atoms with Gasteiger partial charge in [-0.1, -0.05) is 27.7 Å². The lowest BCUT2D eigenvalue weighted by molar-refractivity contribution is -0.165. The summed E-state index contributed by atoms with van der Waals surface area (Å²) >= 11 is 0. The van der Waals surface area contributed by atoms with Crippen molar-refractivity contribution in [2.75, 3.05) is 13.2 Å². The van der Waals surface area contributed by atoms with E-state index < -0.39 is 24.1 Å². The third kappa shape index (κ3) is 17.2. The maximum atomic E-state index is 11.3. The summed E-state index contributed by atoms with van der Waals surface area (Å²) in [6, 6.07) is 0. The van der Waals surface area contributed by atoms with Crippen molar-refractivity contribution in [3.8, 4) is 0 Å². The van der Waals surface area contributed by atoms with Crippen LogP contribution in [0.1, 0.15) is 53.4 Å². The number of carboxylic acids is 2. The number of carboxylic acid groups (broad SMARTS) is 2. The molecule has 0 fully saturated rings. The van der Waals surface area contributed by atoms with E-state index >= 15 is 0 Å². The number of hydrogen-bond donors (Lipinski definition) is 4. The molecule has 2 atom stereocenters. The van der Waals surface area contributed by atoms with Crippen molar-refractivity contribution < 1.29 is 49.1 Å². The van der Waals surface area contributed by atoms with Gasteiger partial charge in [-0.3, -0.25) is 9.59 Å². The maximum Gasteiger partial charge on any atom is 0.335 e. The molecule has 0 aromatic rings. The van der Waals surface area contributed by atoms with Crippen molar-refractivity contribution in [3.63, 3.8) is 0 Å². The molecule has 10 nitrogen and oxygen atoms in total. The molecule has 0 aliphatic carbocycles. The third-order valence-corrected chi connectivity index (χ3v) is 2.97. The molecule has 0 spiro atoms. The van der Waals surface area contributed by atoms with E-state index in [-0.39, 0.29) is 11.9 Å². The normalized spacial score (nSPS) is 12.6. The first-order valence-corrected chi connectivity index (χ1v) is 9.01. The molecule has 164 valence electrons. The Morgan fingerprint density at radius 3 is 1.18 bits per heavy atom. The van der Waals surface area contributed by atoms with Gasteiger partial charge in [0, 0.05) is 12.8 Å². The van der Waals surface area contributed by atoms with Gasteiger partial charge in [-0.15, -0.1) is 0 Å². The number of esters is 2. The molecule has 0 saturated heterocycles. The second-order valence-corrected chi connectivity index (χ2v) is 6.93. The number of aliphatic hydroxyl groups excluding tert-OH is 2. The fraction of sp³-hybridized carbons (Fsp3) is 0.778. The number of hydrogen-bond acceptors (Lipinski definition) is 8. The lowest BCUT2D eigenvalue weighted by atomic mass is 10.2. The van der Waals surface area contributed by atoms with E-state index in [1.807, 2.05) is 27.7 Å². The fourth-order valence-corrected chi connectivity index (χ4v) is 1.47. The van der Waals surface area contributed by atoms with Crippen molar-refractivity contribution in [1.29, 1.82) is 0 Å². The zero-order chi connectivity index (χ0) is 22.3. The van der Waals surface area contributed by atoms with E-state index in [4.69, 9.17) is 29.9 Å². The van der Waals surface area contributed by atoms with Crippen molar-refractivity contribution in [2.24, 2.45) is 11.8 Å². The first-order chi connectivity index (χ1) is 12.9. The van der Waals surface area contributed by atoms with Crippen molar-refractivity contribution in [2.45, 2.75) is 65.6 Å². The Labute approximate surface area is 164 Å². The van der Waals surface area contributed by atoms with Gasteiger partial charge in [0.15, 0.2) is 12.2 Å². The van der Waals surface area contributed by atoms with Gasteiger partial charge in [0.2, 0.25) is 0 Å². The summed E-state index contributed by atoms with van der Waals surface area (Å²) in [7, 11) is 0. The quantitative estimate of drug-likeness (QED) is 0.268. The Morgan fingerprint density at radius 1 is 0.679 bits per heavy atom. The Kier molecular flexibility index (Phi) is 15.8. The summed E-state index contributed by atoms with van der Waals surface area (Å²) in [5.74, 6) is -3.18. The van der Waals surface area contributed by atoms with E-state index in [0.29, 0.717) is 50.7 Å². The Bertz CT molecular complexity index is 443. The van der Waals surface area contributed by atoms with E-state index in [0.717, 1.165) is 0 Å². The summed E-state index contributed by atoms with van der Waals surface area (Å²) in [5, 5.41) is 32.5. The molecule has 10 heteroatoms. The molecule has 4 N–H and O–H groups in total. The molecule has 0 bridgehead atoms. The van der Waals surface area contributed by atoms with Gasteiger partial charge in [0.1, 0.15) is 0 Å². The van der Waals surface area contributed by atoms with Gasteiger partial charge >= 0.3 is 23.9 Å². The standard InChI is InChI=1S/C14H26O4.C4H6O6/c1-11(2)9-17-13(15)7-5-6-8-14(16)18-10-12(3)4;5-1(3(7)8)2(6)4(9)10/h11-12H,5-10H2,1-4H3;1-2,5-6H,(H,7,8)(H,9,10). The Hall–Kier alpha value is -2.20. The summed E-state index contributed by atoms with van der Waals surface area (Å²) in [5.41, 5.74) is 0. The number of ether oxygens (including phenoxy) is 2. The molecule has 0 rings (SSSR count). The molecule has 0 saturated carbocycles. The van der Waals surface area contributed by atoms with Gasteiger partial charge in [-0.05, 0) is 24.7 Å². The fourth-order valence-electron chi connectivity index (χ4n) is 1.47. The molecule has 0 radical (unpaired) electrons. The highest BCUT2D eigenvalue weighted by Gasteiger charge is 2.29. The maximum absolute atomic E-state index is 11.3. The van der Waals surface area contributed by atoms with Gasteiger partial charge in [-0.2, -0.15) is 0 Å². The van der Waals surface area contributed by atoms with Crippen LogP contribution in [0.5, 0.6) is 0 Å². The van der Waals surface area contributed by atoms with Gasteiger partial charge in [-0.25, -0.2) is 9.59 Å². The highest BCUT2D eigenvalue weighted by atomic mass is 16.5. The molecule has 0 aromatic carbocycles. The molecule has 0 aliphatic heterocycles. The predicted molar refractivity (Wildman–Crippen MR) is 97.3 cm³/mol. The van der Waals surface area contributed by atoms with Gasteiger partial charge < -0.3 is 29.9 Å². The van der Waals surface area contributed by atoms with Crippen LogP contribution in [0, 0.1) is 11.8 Å². The van der Waals surface area contributed by atoms with E-state index in [2.05, 4.69) is 0 Å². The lowest BCUT2D eigenvalue weighted by Gasteiger charge is -2.08. The number of carbonyl (C=O) groups is 4. The molecule has 0 aliphatic rings. The average molecular weight is 408 g/mol. The second-order valence-electron chi connectivity index (χ2n) is 6.93. The second kappa shape index (κ2) is 15.8. The molecule has 0 heterocycles. The van der Waals surface area contributed by atoms with Gasteiger partial charge in [0.25, 0.3) is 0 Å². The van der Waals surface area contributed by atoms with E-state index in [1.165, 1.54) is 0 Å². The highest BCUT2D eigenvalue weighted by molar-refractivity contribution is 5.83. The number of aliphatic carboxylic acids is 2. The highest BCUT2D eigenvalue weighted by Crippen LogP contribution is 2.05. The smallest absolute Gasteiger partial charge is 0.335 e. The first-order valence-electron chi connectivity index (χ1n) is 9.01. The van der Waals surface area contributed by atoms with Crippen LogP contribution < -0.4 is 0 Å². The van der Waals surface area contributed by atoms with E-state index in [9.17, 15) is 19.2 Å². The minimum absolute atomic E-state index is 0.181. The summed E-state index contributed by atoms with van der Waals surface area (Å²) in [6.07, 6.45) is -2.43. The third-order valence-electron chi connectivity index (χ3n) is 2.97. The van der Waals surface area contributed by atoms with Crippen molar-refractivity contribution >= 4 is 23.9 Å². The Morgan fingerprint density at radius 2 is 0.964 bits per heavy atom. The monoisotopic (exact) mass is 408 g/mol. The van der Waals surface area contributed by atoms with Crippen LogP contribution >= 0.6 is 0 Å². The van der Waals surface area contributed by atoms with Crippen LogP contribution in [0.2, 0.25) is 0 Å². The van der Waals surface area contributed by atoms with Crippen LogP contribution in [0.25, 0.3) is 0 Å². The molecular weight excluding hydrogens is 376 g/mol.